The van der Waals surface area contributed by atoms with Crippen LogP contribution < -0.4 is 19.9 Å². The highest BCUT2D eigenvalue weighted by atomic mass is 16.7. The van der Waals surface area contributed by atoms with E-state index in [-0.39, 0.29) is 12.6 Å². The quantitative estimate of drug-likeness (QED) is 0.287. The summed E-state index contributed by atoms with van der Waals surface area (Å²) in [6.45, 7) is 5.63. The molecule has 0 saturated heterocycles. The van der Waals surface area contributed by atoms with E-state index in [4.69, 9.17) is 19.9 Å². The second-order valence-corrected chi connectivity index (χ2v) is 8.77. The summed E-state index contributed by atoms with van der Waals surface area (Å²) < 4.78 is 16.8. The van der Waals surface area contributed by atoms with E-state index >= 15 is 0 Å². The molecule has 0 bridgehead atoms. The molecule has 34 heavy (non-hydrogen) atoms. The number of benzene rings is 3. The van der Waals surface area contributed by atoms with Gasteiger partial charge in [-0.1, -0.05) is 35.4 Å². The van der Waals surface area contributed by atoms with Crippen LogP contribution in [0, 0.1) is 13.8 Å². The minimum atomic E-state index is -0.216. The molecule has 176 valence electrons. The normalized spacial score (nSPS) is 12.5. The minimum Gasteiger partial charge on any atom is -0.492 e. The van der Waals surface area contributed by atoms with Crippen molar-refractivity contribution in [3.8, 4) is 28.4 Å². The number of likely N-dealkylation sites (N-methyl/N-ethyl adjacent to an activating group) is 1. The van der Waals surface area contributed by atoms with Gasteiger partial charge in [-0.15, -0.1) is 0 Å². The van der Waals surface area contributed by atoms with Crippen LogP contribution in [0.15, 0.2) is 54.6 Å². The van der Waals surface area contributed by atoms with Crippen molar-refractivity contribution >= 4 is 17.5 Å². The number of nitrogens with two attached hydrogens (primary N) is 1. The summed E-state index contributed by atoms with van der Waals surface area (Å²) >= 11 is 0. The number of anilines is 1. The molecular formula is C28H30N2O4. The molecule has 0 saturated carbocycles. The molecule has 3 aromatic carbocycles. The van der Waals surface area contributed by atoms with Gasteiger partial charge in [0.05, 0.1) is 0 Å². The molecule has 0 fully saturated rings. The van der Waals surface area contributed by atoms with Gasteiger partial charge in [0.25, 0.3) is 0 Å². The zero-order chi connectivity index (χ0) is 24.2. The van der Waals surface area contributed by atoms with E-state index in [0.717, 1.165) is 29.0 Å². The van der Waals surface area contributed by atoms with Gasteiger partial charge in [-0.3, -0.25) is 4.79 Å². The standard InChI is InChI=1S/C28H30N2O4/c1-18-11-19(2)13-22(12-18)20-6-8-26(32-10-9-30(3)4)21(14-20)5-7-25(31)23-15-27-28(16-24(23)29)34-17-33-27/h5-8,11-16H,9-10,17,29H2,1-4H3. The molecule has 1 aliphatic rings. The predicted molar refractivity (Wildman–Crippen MR) is 136 cm³/mol. The number of fused-ring (bicyclic) bond motifs is 1. The topological polar surface area (TPSA) is 74.0 Å². The molecule has 4 rings (SSSR count). The Labute approximate surface area is 200 Å². The van der Waals surface area contributed by atoms with Crippen LogP contribution in [-0.2, 0) is 0 Å². The molecule has 1 aliphatic heterocycles. The van der Waals surface area contributed by atoms with E-state index in [9.17, 15) is 4.79 Å². The van der Waals surface area contributed by atoms with Gasteiger partial charge in [0.15, 0.2) is 17.3 Å². The molecule has 1 heterocycles. The molecule has 0 spiro atoms. The largest absolute Gasteiger partial charge is 0.492 e. The highest BCUT2D eigenvalue weighted by molar-refractivity contribution is 6.10. The SMILES string of the molecule is Cc1cc(C)cc(-c2ccc(OCCN(C)C)c(C=CC(=O)c3cc4c(cc3N)OCO4)c2)c1. The van der Waals surface area contributed by atoms with Crippen molar-refractivity contribution in [2.24, 2.45) is 0 Å². The monoisotopic (exact) mass is 458 g/mol. The number of hydrogen-bond donors (Lipinski definition) is 1. The van der Waals surface area contributed by atoms with Gasteiger partial charge in [-0.25, -0.2) is 0 Å². The van der Waals surface area contributed by atoms with Gasteiger partial charge in [0, 0.05) is 29.4 Å². The average molecular weight is 459 g/mol. The summed E-state index contributed by atoms with van der Waals surface area (Å²) in [7, 11) is 4.00. The van der Waals surface area contributed by atoms with Crippen LogP contribution in [-0.4, -0.2) is 44.7 Å². The van der Waals surface area contributed by atoms with Crippen LogP contribution in [0.4, 0.5) is 5.69 Å². The lowest BCUT2D eigenvalue weighted by molar-refractivity contribution is 0.104. The van der Waals surface area contributed by atoms with Gasteiger partial charge in [0.1, 0.15) is 12.4 Å². The van der Waals surface area contributed by atoms with Crippen LogP contribution in [0.5, 0.6) is 17.2 Å². The highest BCUT2D eigenvalue weighted by Gasteiger charge is 2.18. The van der Waals surface area contributed by atoms with E-state index in [1.54, 1.807) is 18.2 Å². The van der Waals surface area contributed by atoms with Crippen LogP contribution in [0.3, 0.4) is 0 Å². The Morgan fingerprint density at radius 2 is 1.71 bits per heavy atom. The maximum Gasteiger partial charge on any atom is 0.231 e. The summed E-state index contributed by atoms with van der Waals surface area (Å²) in [6, 6.07) is 15.8. The minimum absolute atomic E-state index is 0.126. The number of carbonyl (C=O) groups excluding carboxylic acids is 1. The first-order chi connectivity index (χ1) is 16.3. The number of ketones is 1. The molecule has 6 nitrogen and oxygen atoms in total. The number of hydrogen-bond acceptors (Lipinski definition) is 6. The first-order valence-corrected chi connectivity index (χ1v) is 11.2. The molecule has 6 heteroatoms. The second kappa shape index (κ2) is 10.0. The van der Waals surface area contributed by atoms with Crippen molar-refractivity contribution in [3.05, 3.63) is 76.9 Å². The second-order valence-electron chi connectivity index (χ2n) is 8.77. The van der Waals surface area contributed by atoms with Crippen molar-refractivity contribution < 1.29 is 19.0 Å². The van der Waals surface area contributed by atoms with Gasteiger partial charge in [0.2, 0.25) is 6.79 Å². The third-order valence-corrected chi connectivity index (χ3v) is 5.59. The van der Waals surface area contributed by atoms with Crippen LogP contribution in [0.2, 0.25) is 0 Å². The number of ether oxygens (including phenoxy) is 3. The van der Waals surface area contributed by atoms with Crippen molar-refractivity contribution in [1.82, 2.24) is 4.90 Å². The van der Waals surface area contributed by atoms with Gasteiger partial charge in [-0.2, -0.15) is 0 Å². The Hall–Kier alpha value is -3.77. The summed E-state index contributed by atoms with van der Waals surface area (Å²) in [5.41, 5.74) is 12.2. The number of nitrogens with zero attached hydrogens (tertiary/aromatic N) is 1. The maximum atomic E-state index is 13.0. The fraction of sp³-hybridized carbons (Fsp3) is 0.250. The number of carbonyl (C=O) groups is 1. The summed E-state index contributed by atoms with van der Waals surface area (Å²) in [4.78, 5) is 15.0. The lowest BCUT2D eigenvalue weighted by Crippen LogP contribution is -2.19. The highest BCUT2D eigenvalue weighted by Crippen LogP contribution is 2.36. The number of aryl methyl sites for hydroxylation is 2. The Kier molecular flexibility index (Phi) is 6.89. The zero-order valence-corrected chi connectivity index (χ0v) is 20.1. The number of nitrogen functional groups attached to an aromatic ring is 1. The predicted octanol–water partition coefficient (Wildman–Crippen LogP) is 5.12. The molecular weight excluding hydrogens is 428 g/mol. The van der Waals surface area contributed by atoms with Crippen molar-refractivity contribution in [2.45, 2.75) is 13.8 Å². The summed E-state index contributed by atoms with van der Waals surface area (Å²) in [5.74, 6) is 1.58. The van der Waals surface area contributed by atoms with E-state index in [2.05, 4.69) is 36.9 Å². The fourth-order valence-electron chi connectivity index (χ4n) is 3.90. The molecule has 0 aliphatic carbocycles. The third-order valence-electron chi connectivity index (χ3n) is 5.59. The Bertz CT molecular complexity index is 1230. The Morgan fingerprint density at radius 1 is 1.00 bits per heavy atom. The lowest BCUT2D eigenvalue weighted by atomic mass is 9.98. The lowest BCUT2D eigenvalue weighted by Gasteiger charge is -2.14. The maximum absolute atomic E-state index is 13.0. The van der Waals surface area contributed by atoms with Crippen LogP contribution in [0.1, 0.15) is 27.0 Å². The Balaban J connectivity index is 1.66. The zero-order valence-electron chi connectivity index (χ0n) is 20.1. The molecule has 2 N–H and O–H groups in total. The van der Waals surface area contributed by atoms with Crippen molar-refractivity contribution in [3.63, 3.8) is 0 Å². The summed E-state index contributed by atoms with van der Waals surface area (Å²) in [6.07, 6.45) is 3.30. The molecule has 0 unspecified atom stereocenters. The van der Waals surface area contributed by atoms with Crippen molar-refractivity contribution in [1.29, 1.82) is 0 Å². The molecule has 0 radical (unpaired) electrons. The average Bonchev–Trinajstić information content (AvgIpc) is 3.23. The molecule has 0 atom stereocenters. The molecule has 0 aromatic heterocycles. The van der Waals surface area contributed by atoms with E-state index in [1.165, 1.54) is 17.2 Å². The first kappa shape index (κ1) is 23.4. The molecule has 0 amide bonds. The molecule has 3 aromatic rings. The smallest absolute Gasteiger partial charge is 0.231 e. The number of rotatable bonds is 8. The van der Waals surface area contributed by atoms with Gasteiger partial charge < -0.3 is 24.8 Å². The third kappa shape index (κ3) is 5.41. The van der Waals surface area contributed by atoms with Crippen LogP contribution in [0.25, 0.3) is 17.2 Å². The summed E-state index contributed by atoms with van der Waals surface area (Å²) in [5, 5.41) is 0. The Morgan fingerprint density at radius 3 is 2.41 bits per heavy atom. The van der Waals surface area contributed by atoms with Gasteiger partial charge in [-0.05, 0) is 69.4 Å². The van der Waals surface area contributed by atoms with Gasteiger partial charge >= 0.3 is 0 Å². The van der Waals surface area contributed by atoms with E-state index < -0.39 is 0 Å². The van der Waals surface area contributed by atoms with Crippen molar-refractivity contribution in [2.75, 3.05) is 39.8 Å². The first-order valence-electron chi connectivity index (χ1n) is 11.2. The van der Waals surface area contributed by atoms with E-state index in [1.807, 2.05) is 32.3 Å². The van der Waals surface area contributed by atoms with E-state index in [0.29, 0.717) is 29.4 Å². The number of allylic oxidation sites excluding steroid dienone is 1. The fourth-order valence-corrected chi connectivity index (χ4v) is 3.90. The van der Waals surface area contributed by atoms with Crippen LogP contribution >= 0.6 is 0 Å².